The van der Waals surface area contributed by atoms with Gasteiger partial charge in [-0.25, -0.2) is 26.3 Å². The molecule has 2 heterocycles. The van der Waals surface area contributed by atoms with E-state index in [0.717, 1.165) is 21.7 Å². The predicted octanol–water partition coefficient (Wildman–Crippen LogP) is 3.17. The van der Waals surface area contributed by atoms with Gasteiger partial charge in [0.15, 0.2) is 0 Å². The van der Waals surface area contributed by atoms with Crippen LogP contribution in [-0.2, 0) is 37.5 Å². The topological polar surface area (TPSA) is 148 Å². The Morgan fingerprint density at radius 3 is 1.98 bits per heavy atom. The standard InChI is InChI=1S/C35H54F2N6O6S/c1-33(2,3)24(19-41(9)50(10,48)49)39-32(47)40-28(34(4,5)6)31(46)43-18-22-26(35(22,7)8)27(43)29(44)38-23(15-25(36)37)30(45)42-16-20-13-11-12-14-21(20)17-42/h11-14,22-28H,15-19H2,1-10H3,(H,38,44)(H2,39,40,47)/t22-,23-,24+,26-,27-,28+/m0/s1. The number of amides is 5. The molecule has 15 heteroatoms. The Morgan fingerprint density at radius 2 is 1.50 bits per heavy atom. The van der Waals surface area contributed by atoms with Crippen molar-refractivity contribution in [3.8, 4) is 0 Å². The van der Waals surface area contributed by atoms with Gasteiger partial charge in [0.2, 0.25) is 34.2 Å². The summed E-state index contributed by atoms with van der Waals surface area (Å²) >= 11 is 0. The first-order valence-electron chi connectivity index (χ1n) is 17.1. The Kier molecular flexibility index (Phi) is 11.1. The molecule has 1 aromatic carbocycles. The SMILES string of the molecule is CN(C[C@@H](NC(=O)N[C@H](C(=O)N1C[C@H]2[C@@H]([C@H]1C(=O)N[C@@H](CC(F)F)C(=O)N1Cc3ccccc3C1)C2(C)C)C(C)(C)C)C(C)(C)C)S(C)(=O)=O. The number of rotatable bonds is 11. The van der Waals surface area contributed by atoms with Gasteiger partial charge in [0.05, 0.1) is 6.26 Å². The van der Waals surface area contributed by atoms with Crippen LogP contribution in [0, 0.1) is 28.1 Å². The fraction of sp³-hybridized carbons (Fsp3) is 0.714. The zero-order valence-corrected chi connectivity index (χ0v) is 31.7. The molecule has 50 heavy (non-hydrogen) atoms. The maximum atomic E-state index is 14.4. The van der Waals surface area contributed by atoms with Crippen molar-refractivity contribution in [1.29, 1.82) is 0 Å². The minimum absolute atomic E-state index is 0.00127. The molecule has 6 atom stereocenters. The van der Waals surface area contributed by atoms with Gasteiger partial charge in [0.25, 0.3) is 0 Å². The van der Waals surface area contributed by atoms with Gasteiger partial charge >= 0.3 is 6.03 Å². The van der Waals surface area contributed by atoms with E-state index in [1.165, 1.54) is 16.8 Å². The van der Waals surface area contributed by atoms with Crippen LogP contribution in [0.2, 0.25) is 0 Å². The molecular weight excluding hydrogens is 670 g/mol. The highest BCUT2D eigenvalue weighted by Crippen LogP contribution is 2.65. The molecule has 2 aliphatic heterocycles. The summed E-state index contributed by atoms with van der Waals surface area (Å²) < 4.78 is 53.0. The molecule has 1 saturated heterocycles. The normalized spacial score (nSPS) is 23.2. The number of alkyl halides is 2. The van der Waals surface area contributed by atoms with Crippen molar-refractivity contribution in [2.24, 2.45) is 28.1 Å². The number of likely N-dealkylation sites (tertiary alicyclic amines) is 1. The lowest BCUT2D eigenvalue weighted by atomic mass is 9.85. The van der Waals surface area contributed by atoms with Gasteiger partial charge in [-0.05, 0) is 39.2 Å². The van der Waals surface area contributed by atoms with Crippen molar-refractivity contribution in [2.45, 2.75) is 105 Å². The van der Waals surface area contributed by atoms with Gasteiger partial charge in [-0.3, -0.25) is 14.4 Å². The molecule has 0 spiro atoms. The van der Waals surface area contributed by atoms with Crippen LogP contribution in [0.5, 0.6) is 0 Å². The lowest BCUT2D eigenvalue weighted by Gasteiger charge is -2.39. The summed E-state index contributed by atoms with van der Waals surface area (Å²) in [6.07, 6.45) is -2.65. The second-order valence-electron chi connectivity index (χ2n) is 16.9. The van der Waals surface area contributed by atoms with Gasteiger partial charge in [0, 0.05) is 45.7 Å². The van der Waals surface area contributed by atoms with Crippen LogP contribution in [0.15, 0.2) is 24.3 Å². The number of nitrogens with one attached hydrogen (secondary N) is 3. The number of hydrogen-bond donors (Lipinski definition) is 3. The first kappa shape index (κ1) is 39.5. The minimum atomic E-state index is -3.53. The average molecular weight is 725 g/mol. The number of nitrogens with zero attached hydrogens (tertiary/aromatic N) is 3. The number of urea groups is 1. The molecule has 0 unspecified atom stereocenters. The summed E-state index contributed by atoms with van der Waals surface area (Å²) in [5, 5.41) is 8.24. The molecule has 4 rings (SSSR count). The number of piperidine rings is 1. The maximum Gasteiger partial charge on any atom is 0.315 e. The van der Waals surface area contributed by atoms with Crippen LogP contribution in [-0.4, -0.2) is 103 Å². The van der Waals surface area contributed by atoms with Crippen molar-refractivity contribution in [1.82, 2.24) is 30.1 Å². The number of carbonyl (C=O) groups is 4. The van der Waals surface area contributed by atoms with Crippen molar-refractivity contribution in [3.63, 3.8) is 0 Å². The number of fused-ring (bicyclic) bond motifs is 2. The summed E-state index contributed by atoms with van der Waals surface area (Å²) in [6.45, 7) is 15.6. The second kappa shape index (κ2) is 14.0. The Labute approximate surface area is 295 Å². The van der Waals surface area contributed by atoms with Gasteiger partial charge < -0.3 is 25.8 Å². The van der Waals surface area contributed by atoms with E-state index < -0.39 is 81.6 Å². The molecule has 1 saturated carbocycles. The predicted molar refractivity (Wildman–Crippen MR) is 185 cm³/mol. The largest absolute Gasteiger partial charge is 0.342 e. The first-order chi connectivity index (χ1) is 22.8. The third kappa shape index (κ3) is 8.58. The van der Waals surface area contributed by atoms with E-state index in [4.69, 9.17) is 0 Å². The lowest BCUT2D eigenvalue weighted by Crippen LogP contribution is -2.62. The smallest absolute Gasteiger partial charge is 0.315 e. The second-order valence-corrected chi connectivity index (χ2v) is 19.0. The molecule has 280 valence electrons. The molecule has 1 aromatic rings. The highest BCUT2D eigenvalue weighted by molar-refractivity contribution is 7.88. The fourth-order valence-electron chi connectivity index (χ4n) is 7.25. The van der Waals surface area contributed by atoms with Crippen LogP contribution >= 0.6 is 0 Å². The lowest BCUT2D eigenvalue weighted by molar-refractivity contribution is -0.145. The number of benzene rings is 1. The molecule has 0 radical (unpaired) electrons. The van der Waals surface area contributed by atoms with Crippen molar-refractivity contribution in [2.75, 3.05) is 26.4 Å². The number of hydrogen-bond acceptors (Lipinski definition) is 6. The van der Waals surface area contributed by atoms with Crippen molar-refractivity contribution < 1.29 is 36.4 Å². The molecule has 3 aliphatic rings. The van der Waals surface area contributed by atoms with E-state index in [1.54, 1.807) is 20.8 Å². The van der Waals surface area contributed by atoms with E-state index in [0.29, 0.717) is 0 Å². The Balaban J connectivity index is 1.54. The monoisotopic (exact) mass is 724 g/mol. The van der Waals surface area contributed by atoms with Crippen molar-refractivity contribution in [3.05, 3.63) is 35.4 Å². The fourth-order valence-corrected chi connectivity index (χ4v) is 7.67. The minimum Gasteiger partial charge on any atom is -0.342 e. The number of halogens is 2. The molecule has 5 amide bonds. The van der Waals surface area contributed by atoms with Crippen LogP contribution in [0.1, 0.15) is 72.9 Å². The van der Waals surface area contributed by atoms with Crippen LogP contribution in [0.3, 0.4) is 0 Å². The number of carbonyl (C=O) groups excluding carboxylic acids is 4. The molecule has 1 aliphatic carbocycles. The quantitative estimate of drug-likeness (QED) is 0.320. The molecule has 2 fully saturated rings. The summed E-state index contributed by atoms with van der Waals surface area (Å²) in [5.41, 5.74) is 0.160. The van der Waals surface area contributed by atoms with E-state index in [1.807, 2.05) is 58.9 Å². The molecule has 0 bridgehead atoms. The van der Waals surface area contributed by atoms with Crippen LogP contribution in [0.4, 0.5) is 13.6 Å². The molecule has 12 nitrogen and oxygen atoms in total. The average Bonchev–Trinajstić information content (AvgIpc) is 3.33. The third-order valence-electron chi connectivity index (χ3n) is 10.7. The van der Waals surface area contributed by atoms with E-state index in [2.05, 4.69) is 16.0 Å². The molecular formula is C35H54F2N6O6S. The van der Waals surface area contributed by atoms with Gasteiger partial charge in [-0.2, -0.15) is 0 Å². The number of sulfonamides is 1. The van der Waals surface area contributed by atoms with Crippen LogP contribution < -0.4 is 16.0 Å². The first-order valence-corrected chi connectivity index (χ1v) is 18.9. The number of likely N-dealkylation sites (N-methyl/N-ethyl adjacent to an activating group) is 1. The van der Waals surface area contributed by atoms with Crippen molar-refractivity contribution >= 4 is 33.8 Å². The summed E-state index contributed by atoms with van der Waals surface area (Å²) in [6, 6.07) is 2.50. The zero-order valence-electron chi connectivity index (χ0n) is 30.8. The van der Waals surface area contributed by atoms with E-state index in [9.17, 15) is 36.4 Å². The Hall–Kier alpha value is -3.33. The third-order valence-corrected chi connectivity index (χ3v) is 12.0. The van der Waals surface area contributed by atoms with E-state index in [-0.39, 0.29) is 43.4 Å². The maximum absolute atomic E-state index is 14.4. The van der Waals surface area contributed by atoms with Crippen LogP contribution in [0.25, 0.3) is 0 Å². The Bertz CT molecular complexity index is 1570. The summed E-state index contributed by atoms with van der Waals surface area (Å²) in [5.74, 6) is -2.11. The zero-order chi connectivity index (χ0) is 37.7. The highest BCUT2D eigenvalue weighted by Gasteiger charge is 2.70. The summed E-state index contributed by atoms with van der Waals surface area (Å²) in [4.78, 5) is 58.4. The van der Waals surface area contributed by atoms with E-state index >= 15 is 0 Å². The summed E-state index contributed by atoms with van der Waals surface area (Å²) in [7, 11) is -2.11. The Morgan fingerprint density at radius 1 is 0.940 bits per heavy atom. The van der Waals surface area contributed by atoms with Gasteiger partial charge in [-0.1, -0.05) is 79.7 Å². The molecule has 3 N–H and O–H groups in total. The molecule has 0 aromatic heterocycles. The highest BCUT2D eigenvalue weighted by atomic mass is 32.2. The van der Waals surface area contributed by atoms with Gasteiger partial charge in [0.1, 0.15) is 18.1 Å². The van der Waals surface area contributed by atoms with Gasteiger partial charge in [-0.15, -0.1) is 0 Å².